The van der Waals surface area contributed by atoms with Crippen LogP contribution in [0.4, 0.5) is 0 Å². The van der Waals surface area contributed by atoms with Crippen LogP contribution in [0, 0.1) is 5.92 Å². The lowest BCUT2D eigenvalue weighted by atomic mass is 9.95. The molecular formula is C15H26N2O. The Bertz CT molecular complexity index is 278. The van der Waals surface area contributed by atoms with Crippen molar-refractivity contribution in [3.8, 4) is 0 Å². The van der Waals surface area contributed by atoms with Gasteiger partial charge in [-0.3, -0.25) is 4.79 Å². The maximum Gasteiger partial charge on any atom is 0.223 e. The van der Waals surface area contributed by atoms with Crippen LogP contribution in [-0.4, -0.2) is 36.5 Å². The number of amides is 1. The minimum atomic E-state index is 0.343. The lowest BCUT2D eigenvalue weighted by molar-refractivity contribution is -0.134. The Kier molecular flexibility index (Phi) is 5.24. The van der Waals surface area contributed by atoms with Gasteiger partial charge in [0.25, 0.3) is 0 Å². The van der Waals surface area contributed by atoms with Crippen molar-refractivity contribution in [2.45, 2.75) is 51.0 Å². The quantitative estimate of drug-likeness (QED) is 0.760. The molecular weight excluding hydrogens is 224 g/mol. The molecule has 1 aliphatic heterocycles. The summed E-state index contributed by atoms with van der Waals surface area (Å²) in [7, 11) is 0. The summed E-state index contributed by atoms with van der Waals surface area (Å²) in [6.45, 7) is 6.65. The highest BCUT2D eigenvalue weighted by Crippen LogP contribution is 2.25. The lowest BCUT2D eigenvalue weighted by Crippen LogP contribution is -2.41. The molecule has 2 aliphatic rings. The molecule has 1 amide bonds. The molecule has 3 nitrogen and oxygen atoms in total. The second-order valence-electron chi connectivity index (χ2n) is 5.69. The first-order valence-electron chi connectivity index (χ1n) is 7.42. The Balaban J connectivity index is 1.87. The van der Waals surface area contributed by atoms with E-state index in [4.69, 9.17) is 0 Å². The minimum absolute atomic E-state index is 0.343. The van der Waals surface area contributed by atoms with Crippen LogP contribution in [0.3, 0.4) is 0 Å². The summed E-state index contributed by atoms with van der Waals surface area (Å²) in [6.07, 6.45) is 9.92. The van der Waals surface area contributed by atoms with Gasteiger partial charge in [-0.25, -0.2) is 0 Å². The van der Waals surface area contributed by atoms with Crippen LogP contribution in [0.1, 0.15) is 44.9 Å². The molecule has 1 unspecified atom stereocenters. The van der Waals surface area contributed by atoms with E-state index in [0.29, 0.717) is 17.9 Å². The average Bonchev–Trinajstić information content (AvgIpc) is 2.90. The predicted molar refractivity (Wildman–Crippen MR) is 74.4 cm³/mol. The van der Waals surface area contributed by atoms with E-state index in [1.54, 1.807) is 0 Å². The summed E-state index contributed by atoms with van der Waals surface area (Å²) in [5.41, 5.74) is 0. The van der Waals surface area contributed by atoms with Crippen molar-refractivity contribution >= 4 is 5.91 Å². The fourth-order valence-electron chi connectivity index (χ4n) is 3.27. The predicted octanol–water partition coefficient (Wildman–Crippen LogP) is 2.33. The summed E-state index contributed by atoms with van der Waals surface area (Å²) in [5, 5.41) is 3.39. The second kappa shape index (κ2) is 6.93. The van der Waals surface area contributed by atoms with E-state index in [-0.39, 0.29) is 0 Å². The van der Waals surface area contributed by atoms with Crippen molar-refractivity contribution in [2.75, 3.05) is 19.6 Å². The third-order valence-corrected chi connectivity index (χ3v) is 4.27. The zero-order valence-electron chi connectivity index (χ0n) is 11.4. The SMILES string of the molecule is C=CCN(C(=O)CC1CCCNC1)C1CCCC1. The zero-order valence-corrected chi connectivity index (χ0v) is 11.4. The summed E-state index contributed by atoms with van der Waals surface area (Å²) in [5.74, 6) is 0.885. The van der Waals surface area contributed by atoms with Gasteiger partial charge in [0.2, 0.25) is 5.91 Å². The lowest BCUT2D eigenvalue weighted by Gasteiger charge is -2.30. The number of hydrogen-bond acceptors (Lipinski definition) is 2. The standard InChI is InChI=1S/C15H26N2O/c1-2-10-17(14-7-3-4-8-14)15(18)11-13-6-5-9-16-12-13/h2,13-14,16H,1,3-12H2. The van der Waals surface area contributed by atoms with Crippen molar-refractivity contribution in [1.82, 2.24) is 10.2 Å². The van der Waals surface area contributed by atoms with E-state index in [0.717, 1.165) is 26.1 Å². The first-order chi connectivity index (χ1) is 8.81. The fourth-order valence-corrected chi connectivity index (χ4v) is 3.27. The van der Waals surface area contributed by atoms with E-state index in [9.17, 15) is 4.79 Å². The van der Waals surface area contributed by atoms with Gasteiger partial charge >= 0.3 is 0 Å². The second-order valence-corrected chi connectivity index (χ2v) is 5.69. The molecule has 0 aromatic rings. The Morgan fingerprint density at radius 3 is 2.67 bits per heavy atom. The largest absolute Gasteiger partial charge is 0.336 e. The van der Waals surface area contributed by atoms with Crippen LogP contribution in [-0.2, 0) is 4.79 Å². The van der Waals surface area contributed by atoms with Crippen LogP contribution < -0.4 is 5.32 Å². The van der Waals surface area contributed by atoms with Gasteiger partial charge in [0.1, 0.15) is 0 Å². The normalized spacial score (nSPS) is 25.0. The van der Waals surface area contributed by atoms with E-state index < -0.39 is 0 Å². The molecule has 1 saturated carbocycles. The first-order valence-corrected chi connectivity index (χ1v) is 7.42. The van der Waals surface area contributed by atoms with Crippen molar-refractivity contribution in [3.05, 3.63) is 12.7 Å². The van der Waals surface area contributed by atoms with Crippen LogP contribution in [0.15, 0.2) is 12.7 Å². The van der Waals surface area contributed by atoms with E-state index in [1.165, 1.54) is 38.5 Å². The van der Waals surface area contributed by atoms with Crippen molar-refractivity contribution in [3.63, 3.8) is 0 Å². The number of hydrogen-bond donors (Lipinski definition) is 1. The molecule has 1 atom stereocenters. The van der Waals surface area contributed by atoms with Gasteiger partial charge in [-0.15, -0.1) is 6.58 Å². The molecule has 2 rings (SSSR count). The van der Waals surface area contributed by atoms with Gasteiger partial charge in [0, 0.05) is 19.0 Å². The average molecular weight is 250 g/mol. The third kappa shape index (κ3) is 3.58. The maximum absolute atomic E-state index is 12.4. The van der Waals surface area contributed by atoms with E-state index >= 15 is 0 Å². The molecule has 0 bridgehead atoms. The summed E-state index contributed by atoms with van der Waals surface area (Å²) >= 11 is 0. The topological polar surface area (TPSA) is 32.3 Å². The Morgan fingerprint density at radius 1 is 1.28 bits per heavy atom. The molecule has 0 aromatic carbocycles. The van der Waals surface area contributed by atoms with Crippen LogP contribution in [0.25, 0.3) is 0 Å². The third-order valence-electron chi connectivity index (χ3n) is 4.27. The van der Waals surface area contributed by atoms with E-state index in [2.05, 4.69) is 16.8 Å². The van der Waals surface area contributed by atoms with Crippen LogP contribution >= 0.6 is 0 Å². The fraction of sp³-hybridized carbons (Fsp3) is 0.800. The number of nitrogens with zero attached hydrogens (tertiary/aromatic N) is 1. The molecule has 3 heteroatoms. The molecule has 2 fully saturated rings. The number of rotatable bonds is 5. The molecule has 1 heterocycles. The summed E-state index contributed by atoms with van der Waals surface area (Å²) < 4.78 is 0. The summed E-state index contributed by atoms with van der Waals surface area (Å²) in [6, 6.07) is 0.479. The highest BCUT2D eigenvalue weighted by atomic mass is 16.2. The van der Waals surface area contributed by atoms with Crippen LogP contribution in [0.5, 0.6) is 0 Å². The highest BCUT2D eigenvalue weighted by molar-refractivity contribution is 5.77. The molecule has 1 aliphatic carbocycles. The number of piperidine rings is 1. The molecule has 1 saturated heterocycles. The van der Waals surface area contributed by atoms with Gasteiger partial charge in [0.05, 0.1) is 0 Å². The minimum Gasteiger partial charge on any atom is -0.336 e. The highest BCUT2D eigenvalue weighted by Gasteiger charge is 2.27. The van der Waals surface area contributed by atoms with Crippen molar-refractivity contribution < 1.29 is 4.79 Å². The Hall–Kier alpha value is -0.830. The zero-order chi connectivity index (χ0) is 12.8. The van der Waals surface area contributed by atoms with Gasteiger partial charge in [-0.05, 0) is 44.7 Å². The monoisotopic (exact) mass is 250 g/mol. The van der Waals surface area contributed by atoms with Crippen LogP contribution in [0.2, 0.25) is 0 Å². The van der Waals surface area contributed by atoms with Gasteiger partial charge in [0.15, 0.2) is 0 Å². The van der Waals surface area contributed by atoms with Gasteiger partial charge in [-0.2, -0.15) is 0 Å². The number of nitrogens with one attached hydrogen (secondary N) is 1. The smallest absolute Gasteiger partial charge is 0.223 e. The maximum atomic E-state index is 12.4. The first kappa shape index (κ1) is 13.6. The number of carbonyl (C=O) groups is 1. The van der Waals surface area contributed by atoms with Crippen molar-refractivity contribution in [1.29, 1.82) is 0 Å². The molecule has 1 N–H and O–H groups in total. The Morgan fingerprint density at radius 2 is 2.06 bits per heavy atom. The molecule has 102 valence electrons. The number of carbonyl (C=O) groups excluding carboxylic acids is 1. The molecule has 18 heavy (non-hydrogen) atoms. The molecule has 0 radical (unpaired) electrons. The van der Waals surface area contributed by atoms with Gasteiger partial charge in [-0.1, -0.05) is 18.9 Å². The molecule has 0 spiro atoms. The van der Waals surface area contributed by atoms with Crippen molar-refractivity contribution in [2.24, 2.45) is 5.92 Å². The van der Waals surface area contributed by atoms with Gasteiger partial charge < -0.3 is 10.2 Å². The molecule has 0 aromatic heterocycles. The Labute approximate surface area is 111 Å². The summed E-state index contributed by atoms with van der Waals surface area (Å²) in [4.78, 5) is 14.5. The van der Waals surface area contributed by atoms with E-state index in [1.807, 2.05) is 6.08 Å².